The molecule has 2 aromatic rings. The molecule has 0 saturated carbocycles. The molecule has 0 aromatic heterocycles. The van der Waals surface area contributed by atoms with Gasteiger partial charge in [-0.1, -0.05) is 29.5 Å². The minimum atomic E-state index is 0.800. The van der Waals surface area contributed by atoms with Crippen LogP contribution >= 0.6 is 0 Å². The van der Waals surface area contributed by atoms with Gasteiger partial charge in [0.05, 0.1) is 18.5 Å². The van der Waals surface area contributed by atoms with Crippen LogP contribution in [0.5, 0.6) is 5.75 Å². The molecule has 0 atom stereocenters. The fourth-order valence-corrected chi connectivity index (χ4v) is 1.48. The van der Waals surface area contributed by atoms with Crippen LogP contribution in [0.3, 0.4) is 0 Å². The van der Waals surface area contributed by atoms with Crippen LogP contribution in [0.4, 0.5) is 11.4 Å². The second kappa shape index (κ2) is 5.82. The first kappa shape index (κ1) is 12.1. The second-order valence-electron chi connectivity index (χ2n) is 3.75. The van der Waals surface area contributed by atoms with Gasteiger partial charge in [-0.15, -0.1) is 5.11 Å². The van der Waals surface area contributed by atoms with Crippen LogP contribution in [0.1, 0.15) is 0 Å². The van der Waals surface area contributed by atoms with Crippen molar-refractivity contribution in [2.24, 2.45) is 10.3 Å². The Kier molecular flexibility index (Phi) is 3.91. The monoisotopic (exact) mass is 241 g/mol. The highest BCUT2D eigenvalue weighted by molar-refractivity contribution is 5.49. The second-order valence-corrected chi connectivity index (χ2v) is 3.75. The third-order valence-corrected chi connectivity index (χ3v) is 2.48. The molecule has 4 nitrogen and oxygen atoms in total. The van der Waals surface area contributed by atoms with Gasteiger partial charge in [-0.2, -0.15) is 0 Å². The topological polar surface area (TPSA) is 37.2 Å². The highest BCUT2D eigenvalue weighted by atomic mass is 16.5. The summed E-state index contributed by atoms with van der Waals surface area (Å²) in [7, 11) is 3.49. The van der Waals surface area contributed by atoms with E-state index in [4.69, 9.17) is 4.74 Å². The van der Waals surface area contributed by atoms with Crippen molar-refractivity contribution in [1.29, 1.82) is 0 Å². The molecule has 2 rings (SSSR count). The number of methoxy groups -OCH3 is 1. The van der Waals surface area contributed by atoms with Crippen molar-refractivity contribution in [2.45, 2.75) is 0 Å². The number of nitrogens with zero attached hydrogens (tertiary/aromatic N) is 3. The van der Waals surface area contributed by atoms with Crippen LogP contribution in [0, 0.1) is 0 Å². The maximum atomic E-state index is 5.17. The summed E-state index contributed by atoms with van der Waals surface area (Å²) in [5.74, 6) is 0.800. The van der Waals surface area contributed by atoms with Gasteiger partial charge >= 0.3 is 0 Å². The fourth-order valence-electron chi connectivity index (χ4n) is 1.48. The summed E-state index contributed by atoms with van der Waals surface area (Å²) >= 11 is 0. The van der Waals surface area contributed by atoms with Crippen molar-refractivity contribution >= 4 is 11.4 Å². The first-order valence-corrected chi connectivity index (χ1v) is 5.64. The van der Waals surface area contributed by atoms with E-state index in [2.05, 4.69) is 10.3 Å². The number of anilines is 1. The molecule has 2 aromatic carbocycles. The molecule has 0 aliphatic rings. The van der Waals surface area contributed by atoms with Gasteiger partial charge in [0, 0.05) is 13.1 Å². The molecule has 0 spiro atoms. The van der Waals surface area contributed by atoms with E-state index in [-0.39, 0.29) is 0 Å². The number of rotatable bonds is 4. The summed E-state index contributed by atoms with van der Waals surface area (Å²) in [6, 6.07) is 17.3. The summed E-state index contributed by atoms with van der Waals surface area (Å²) in [5.41, 5.74) is 1.75. The van der Waals surface area contributed by atoms with E-state index in [1.54, 1.807) is 12.1 Å². The Morgan fingerprint density at radius 3 is 2.50 bits per heavy atom. The van der Waals surface area contributed by atoms with Gasteiger partial charge in [0.2, 0.25) is 0 Å². The lowest BCUT2D eigenvalue weighted by atomic mass is 10.3. The van der Waals surface area contributed by atoms with Gasteiger partial charge in [0.15, 0.2) is 0 Å². The highest BCUT2D eigenvalue weighted by Crippen LogP contribution is 2.21. The molecular formula is C14H15N3O. The van der Waals surface area contributed by atoms with Crippen LogP contribution in [-0.4, -0.2) is 14.2 Å². The maximum Gasteiger partial charge on any atom is 0.120 e. The Bertz CT molecular complexity index is 526. The van der Waals surface area contributed by atoms with Gasteiger partial charge in [-0.25, -0.2) is 5.01 Å². The van der Waals surface area contributed by atoms with Gasteiger partial charge < -0.3 is 4.74 Å². The molecule has 0 radical (unpaired) electrons. The van der Waals surface area contributed by atoms with Crippen molar-refractivity contribution in [3.05, 3.63) is 54.6 Å². The molecule has 0 N–H and O–H groups in total. The third kappa shape index (κ3) is 3.07. The summed E-state index contributed by atoms with van der Waals surface area (Å²) in [6.07, 6.45) is 0. The Morgan fingerprint density at radius 2 is 1.78 bits per heavy atom. The van der Waals surface area contributed by atoms with E-state index in [1.807, 2.05) is 61.6 Å². The first-order valence-electron chi connectivity index (χ1n) is 5.64. The lowest BCUT2D eigenvalue weighted by Crippen LogP contribution is -2.06. The van der Waals surface area contributed by atoms with Crippen molar-refractivity contribution in [3.63, 3.8) is 0 Å². The zero-order chi connectivity index (χ0) is 12.8. The van der Waals surface area contributed by atoms with Crippen molar-refractivity contribution < 1.29 is 4.74 Å². The van der Waals surface area contributed by atoms with E-state index in [9.17, 15) is 0 Å². The van der Waals surface area contributed by atoms with Crippen molar-refractivity contribution in [2.75, 3.05) is 19.2 Å². The van der Waals surface area contributed by atoms with E-state index in [0.717, 1.165) is 17.1 Å². The molecule has 4 heteroatoms. The third-order valence-electron chi connectivity index (χ3n) is 2.48. The van der Waals surface area contributed by atoms with E-state index >= 15 is 0 Å². The molecule has 0 heterocycles. The molecule has 18 heavy (non-hydrogen) atoms. The normalized spacial score (nSPS) is 10.6. The Labute approximate surface area is 107 Å². The zero-order valence-corrected chi connectivity index (χ0v) is 10.4. The van der Waals surface area contributed by atoms with Crippen LogP contribution in [0.15, 0.2) is 64.9 Å². The Balaban J connectivity index is 2.11. The molecule has 0 amide bonds. The summed E-state index contributed by atoms with van der Waals surface area (Å²) in [4.78, 5) is 0. The molecule has 92 valence electrons. The largest absolute Gasteiger partial charge is 0.497 e. The van der Waals surface area contributed by atoms with E-state index in [0.29, 0.717) is 0 Å². The van der Waals surface area contributed by atoms with Crippen LogP contribution < -0.4 is 9.75 Å². The Morgan fingerprint density at radius 1 is 1.00 bits per heavy atom. The first-order chi connectivity index (χ1) is 8.79. The van der Waals surface area contributed by atoms with Gasteiger partial charge in [-0.05, 0) is 24.3 Å². The lowest BCUT2D eigenvalue weighted by Gasteiger charge is -2.12. The molecular weight excluding hydrogens is 226 g/mol. The molecule has 0 aliphatic carbocycles. The zero-order valence-electron chi connectivity index (χ0n) is 10.4. The van der Waals surface area contributed by atoms with Crippen molar-refractivity contribution in [3.8, 4) is 5.75 Å². The molecule has 0 aliphatic heterocycles. The van der Waals surface area contributed by atoms with Gasteiger partial charge in [0.25, 0.3) is 0 Å². The Hall–Kier alpha value is -2.36. The molecule has 0 bridgehead atoms. The number of hydrogen-bond donors (Lipinski definition) is 0. The van der Waals surface area contributed by atoms with E-state index < -0.39 is 0 Å². The summed E-state index contributed by atoms with van der Waals surface area (Å²) < 4.78 is 5.17. The summed E-state index contributed by atoms with van der Waals surface area (Å²) in [6.45, 7) is 0. The maximum absolute atomic E-state index is 5.17. The van der Waals surface area contributed by atoms with Gasteiger partial charge in [0.1, 0.15) is 5.75 Å². The molecule has 0 saturated heterocycles. The number of hydrogen-bond acceptors (Lipinski definition) is 3. The SMILES string of the molecule is COc1cccc(N(C)N=Nc2ccccc2)c1. The van der Waals surface area contributed by atoms with Crippen molar-refractivity contribution in [1.82, 2.24) is 0 Å². The van der Waals surface area contributed by atoms with E-state index in [1.165, 1.54) is 0 Å². The average Bonchev–Trinajstić information content (AvgIpc) is 2.46. The molecule has 0 fully saturated rings. The predicted molar refractivity (Wildman–Crippen MR) is 72.4 cm³/mol. The standard InChI is InChI=1S/C14H15N3O/c1-17(13-9-6-10-14(11-13)18-2)16-15-12-7-4-3-5-8-12/h3-11H,1-2H3. The number of ether oxygens (including phenoxy) is 1. The minimum Gasteiger partial charge on any atom is -0.497 e. The predicted octanol–water partition coefficient (Wildman–Crippen LogP) is 3.83. The summed E-state index contributed by atoms with van der Waals surface area (Å²) in [5, 5.41) is 9.99. The average molecular weight is 241 g/mol. The quantitative estimate of drug-likeness (QED) is 0.602. The van der Waals surface area contributed by atoms with Crippen LogP contribution in [-0.2, 0) is 0 Å². The smallest absolute Gasteiger partial charge is 0.120 e. The highest BCUT2D eigenvalue weighted by Gasteiger charge is 2.00. The molecule has 0 unspecified atom stereocenters. The minimum absolute atomic E-state index is 0.800. The van der Waals surface area contributed by atoms with Crippen LogP contribution in [0.2, 0.25) is 0 Å². The lowest BCUT2D eigenvalue weighted by molar-refractivity contribution is 0.415. The van der Waals surface area contributed by atoms with Crippen LogP contribution in [0.25, 0.3) is 0 Å². The fraction of sp³-hybridized carbons (Fsp3) is 0.143. The number of benzene rings is 2. The van der Waals surface area contributed by atoms with Gasteiger partial charge in [-0.3, -0.25) is 0 Å².